The van der Waals surface area contributed by atoms with Gasteiger partial charge in [0.15, 0.2) is 0 Å². The summed E-state index contributed by atoms with van der Waals surface area (Å²) in [7, 11) is 1.70. The summed E-state index contributed by atoms with van der Waals surface area (Å²) in [5.74, 6) is 0. The summed E-state index contributed by atoms with van der Waals surface area (Å²) in [6.45, 7) is 3.52. The van der Waals surface area contributed by atoms with Crippen LogP contribution in [0.15, 0.2) is 17.1 Å². The first-order valence-corrected chi connectivity index (χ1v) is 6.13. The summed E-state index contributed by atoms with van der Waals surface area (Å²) in [6.07, 6.45) is 2.28. The second kappa shape index (κ2) is 5.49. The van der Waals surface area contributed by atoms with E-state index in [4.69, 9.17) is 4.74 Å². The van der Waals surface area contributed by atoms with Gasteiger partial charge in [0.1, 0.15) is 0 Å². The predicted molar refractivity (Wildman–Crippen MR) is 67.8 cm³/mol. The molecule has 2 rings (SSSR count). The van der Waals surface area contributed by atoms with E-state index in [-0.39, 0.29) is 18.2 Å². The van der Waals surface area contributed by atoms with Gasteiger partial charge in [0.2, 0.25) is 0 Å². The van der Waals surface area contributed by atoms with Crippen LogP contribution in [0.4, 0.5) is 5.69 Å². The topological polar surface area (TPSA) is 67.6 Å². The fourth-order valence-electron chi connectivity index (χ4n) is 2.14. The molecule has 18 heavy (non-hydrogen) atoms. The fourth-order valence-corrected chi connectivity index (χ4v) is 2.14. The maximum atomic E-state index is 11.8. The molecule has 1 fully saturated rings. The van der Waals surface area contributed by atoms with Gasteiger partial charge in [0.25, 0.3) is 5.56 Å². The molecule has 0 aliphatic carbocycles. The molecule has 0 bridgehead atoms. The minimum absolute atomic E-state index is 0.186. The molecule has 6 heteroatoms. The van der Waals surface area contributed by atoms with E-state index >= 15 is 0 Å². The van der Waals surface area contributed by atoms with Crippen LogP contribution < -0.4 is 10.5 Å². The number of hydrogen-bond acceptors (Lipinski definition) is 5. The lowest BCUT2D eigenvalue weighted by Crippen LogP contribution is -2.29. The van der Waals surface area contributed by atoms with Gasteiger partial charge in [-0.1, -0.05) is 0 Å². The largest absolute Gasteiger partial charge is 0.391 e. The highest BCUT2D eigenvalue weighted by Crippen LogP contribution is 2.19. The first kappa shape index (κ1) is 13.0. The van der Waals surface area contributed by atoms with Crippen molar-refractivity contribution >= 4 is 5.69 Å². The van der Waals surface area contributed by atoms with Gasteiger partial charge in [-0.25, -0.2) is 4.68 Å². The summed E-state index contributed by atoms with van der Waals surface area (Å²) in [5.41, 5.74) is 0.635. The SMILES string of the molecule is COC1CCN(c2cnn(C[C@H](C)O)c(=O)c2)C1. The zero-order valence-electron chi connectivity index (χ0n) is 10.7. The Balaban J connectivity index is 2.12. The molecule has 0 aromatic carbocycles. The lowest BCUT2D eigenvalue weighted by molar-refractivity contribution is 0.121. The minimum atomic E-state index is -0.578. The first-order valence-electron chi connectivity index (χ1n) is 6.13. The van der Waals surface area contributed by atoms with Crippen LogP contribution >= 0.6 is 0 Å². The molecule has 0 amide bonds. The highest BCUT2D eigenvalue weighted by Gasteiger charge is 2.22. The fraction of sp³-hybridized carbons (Fsp3) is 0.667. The molecule has 6 nitrogen and oxygen atoms in total. The molecule has 1 aliphatic rings. The Morgan fingerprint density at radius 1 is 1.67 bits per heavy atom. The third-order valence-electron chi connectivity index (χ3n) is 3.14. The Bertz CT molecular complexity index is 458. The van der Waals surface area contributed by atoms with E-state index in [0.717, 1.165) is 25.2 Å². The third kappa shape index (κ3) is 2.88. The maximum Gasteiger partial charge on any atom is 0.268 e. The summed E-state index contributed by atoms with van der Waals surface area (Å²) in [6, 6.07) is 1.56. The van der Waals surface area contributed by atoms with E-state index in [1.807, 2.05) is 0 Å². The highest BCUT2D eigenvalue weighted by molar-refractivity contribution is 5.44. The van der Waals surface area contributed by atoms with Crippen molar-refractivity contribution in [1.29, 1.82) is 0 Å². The van der Waals surface area contributed by atoms with Gasteiger partial charge in [-0.2, -0.15) is 5.10 Å². The lowest BCUT2D eigenvalue weighted by atomic mass is 10.3. The zero-order valence-corrected chi connectivity index (χ0v) is 10.7. The molecule has 1 N–H and O–H groups in total. The Morgan fingerprint density at radius 2 is 2.44 bits per heavy atom. The summed E-state index contributed by atoms with van der Waals surface area (Å²) in [5, 5.41) is 13.3. The van der Waals surface area contributed by atoms with Crippen LogP contribution in [-0.2, 0) is 11.3 Å². The van der Waals surface area contributed by atoms with Gasteiger partial charge in [-0.3, -0.25) is 4.79 Å². The number of anilines is 1. The third-order valence-corrected chi connectivity index (χ3v) is 3.14. The van der Waals surface area contributed by atoms with E-state index in [1.165, 1.54) is 4.68 Å². The standard InChI is InChI=1S/C12H19N3O3/c1-9(16)7-15-12(17)5-10(6-13-15)14-4-3-11(8-14)18-2/h5-6,9,11,16H,3-4,7-8H2,1-2H3/t9-,11?/m0/s1. The van der Waals surface area contributed by atoms with Crippen molar-refractivity contribution in [1.82, 2.24) is 9.78 Å². The Labute approximate surface area is 106 Å². The Hall–Kier alpha value is -1.40. The molecule has 0 spiro atoms. The highest BCUT2D eigenvalue weighted by atomic mass is 16.5. The molecule has 2 heterocycles. The van der Waals surface area contributed by atoms with Crippen LogP contribution in [0.1, 0.15) is 13.3 Å². The Kier molecular flexibility index (Phi) is 3.98. The van der Waals surface area contributed by atoms with Crippen molar-refractivity contribution < 1.29 is 9.84 Å². The van der Waals surface area contributed by atoms with Crippen molar-refractivity contribution in [3.8, 4) is 0 Å². The smallest absolute Gasteiger partial charge is 0.268 e. The molecule has 1 unspecified atom stereocenters. The molecule has 1 aromatic heterocycles. The molecular weight excluding hydrogens is 234 g/mol. The van der Waals surface area contributed by atoms with E-state index in [9.17, 15) is 9.90 Å². The quantitative estimate of drug-likeness (QED) is 0.808. The normalized spacial score (nSPS) is 21.3. The van der Waals surface area contributed by atoms with Crippen LogP contribution in [0.5, 0.6) is 0 Å². The molecule has 1 saturated heterocycles. The zero-order chi connectivity index (χ0) is 13.1. The van der Waals surface area contributed by atoms with Gasteiger partial charge >= 0.3 is 0 Å². The molecule has 0 radical (unpaired) electrons. The molecule has 1 aliphatic heterocycles. The predicted octanol–water partition coefficient (Wildman–Crippen LogP) is -0.151. The Morgan fingerprint density at radius 3 is 3.00 bits per heavy atom. The number of nitrogens with zero attached hydrogens (tertiary/aromatic N) is 3. The number of aliphatic hydroxyl groups excluding tert-OH is 1. The monoisotopic (exact) mass is 253 g/mol. The van der Waals surface area contributed by atoms with Crippen molar-refractivity contribution in [2.75, 3.05) is 25.1 Å². The second-order valence-corrected chi connectivity index (χ2v) is 4.68. The van der Waals surface area contributed by atoms with Crippen LogP contribution in [-0.4, -0.2) is 47.3 Å². The average molecular weight is 253 g/mol. The van der Waals surface area contributed by atoms with Crippen molar-refractivity contribution in [3.63, 3.8) is 0 Å². The number of rotatable bonds is 4. The molecule has 100 valence electrons. The lowest BCUT2D eigenvalue weighted by Gasteiger charge is -2.18. The van der Waals surface area contributed by atoms with Crippen LogP contribution in [0.25, 0.3) is 0 Å². The maximum absolute atomic E-state index is 11.8. The van der Waals surface area contributed by atoms with E-state index in [0.29, 0.717) is 0 Å². The molecular formula is C12H19N3O3. The molecule has 0 saturated carbocycles. The first-order chi connectivity index (χ1) is 8.60. The van der Waals surface area contributed by atoms with Gasteiger partial charge in [0.05, 0.1) is 30.6 Å². The van der Waals surface area contributed by atoms with E-state index in [2.05, 4.69) is 10.00 Å². The average Bonchev–Trinajstić information content (AvgIpc) is 2.80. The van der Waals surface area contributed by atoms with Gasteiger partial charge in [0, 0.05) is 26.3 Å². The summed E-state index contributed by atoms with van der Waals surface area (Å²) < 4.78 is 6.57. The van der Waals surface area contributed by atoms with E-state index in [1.54, 1.807) is 26.3 Å². The van der Waals surface area contributed by atoms with Crippen LogP contribution in [0.3, 0.4) is 0 Å². The van der Waals surface area contributed by atoms with Gasteiger partial charge in [-0.15, -0.1) is 0 Å². The summed E-state index contributed by atoms with van der Waals surface area (Å²) in [4.78, 5) is 13.9. The van der Waals surface area contributed by atoms with Crippen molar-refractivity contribution in [2.45, 2.75) is 32.1 Å². The van der Waals surface area contributed by atoms with Crippen molar-refractivity contribution in [2.24, 2.45) is 0 Å². The number of aromatic nitrogens is 2. The van der Waals surface area contributed by atoms with Gasteiger partial charge < -0.3 is 14.7 Å². The number of ether oxygens (including phenoxy) is 1. The second-order valence-electron chi connectivity index (χ2n) is 4.68. The molecule has 1 aromatic rings. The van der Waals surface area contributed by atoms with Gasteiger partial charge in [-0.05, 0) is 13.3 Å². The van der Waals surface area contributed by atoms with Crippen molar-refractivity contribution in [3.05, 3.63) is 22.6 Å². The van der Waals surface area contributed by atoms with Crippen LogP contribution in [0.2, 0.25) is 0 Å². The number of methoxy groups -OCH3 is 1. The van der Waals surface area contributed by atoms with Crippen LogP contribution in [0, 0.1) is 0 Å². The molecule has 2 atom stereocenters. The summed E-state index contributed by atoms with van der Waals surface area (Å²) >= 11 is 0. The number of aliphatic hydroxyl groups is 1. The van der Waals surface area contributed by atoms with E-state index < -0.39 is 6.10 Å². The number of hydrogen-bond donors (Lipinski definition) is 1. The minimum Gasteiger partial charge on any atom is -0.391 e.